The van der Waals surface area contributed by atoms with Crippen molar-refractivity contribution in [2.45, 2.75) is 24.3 Å². The van der Waals surface area contributed by atoms with E-state index in [9.17, 15) is 31.9 Å². The van der Waals surface area contributed by atoms with Crippen LogP contribution in [0.25, 0.3) is 11.4 Å². The van der Waals surface area contributed by atoms with E-state index in [0.29, 0.717) is 43.4 Å². The Morgan fingerprint density at radius 2 is 2.10 bits per heavy atom. The SMILES string of the molecule is Cn1cc(C#CC(=O)Nc2cc(-c3ncc(C(F)(F)F)[nH]3)ccc2OCCCC2CNCCS2(O)O)ccc1=O. The average molecular weight is 580 g/mol. The smallest absolute Gasteiger partial charge is 0.432 e. The third-order valence-electron chi connectivity index (χ3n) is 6.20. The van der Waals surface area contributed by atoms with E-state index >= 15 is 0 Å². The number of ether oxygens (including phenoxy) is 1. The number of alkyl halides is 3. The quantitative estimate of drug-likeness (QED) is 0.213. The van der Waals surface area contributed by atoms with Gasteiger partial charge in [-0.25, -0.2) is 4.98 Å². The Hall–Kier alpha value is -3.77. The second-order valence-corrected chi connectivity index (χ2v) is 11.7. The van der Waals surface area contributed by atoms with Crippen LogP contribution in [0.15, 0.2) is 47.5 Å². The lowest BCUT2D eigenvalue weighted by molar-refractivity contribution is -0.140. The standard InChI is InChI=1S/C26H28F3N5O5S/c1-34-16-17(5-9-24(34)36)4-8-23(35)32-20-13-18(25-31-15-22(33-25)26(27,28)29)6-7-21(20)39-11-2-3-19-14-30-10-12-40(19,37)38/h5-7,9,13,15-16,19,30,37-38H,2-3,10-12,14H2,1H3,(H,31,33)(H,32,35). The van der Waals surface area contributed by atoms with Crippen LogP contribution in [-0.4, -0.2) is 60.2 Å². The normalized spacial score (nSPS) is 17.4. The summed E-state index contributed by atoms with van der Waals surface area (Å²) in [5.41, 5.74) is -0.386. The van der Waals surface area contributed by atoms with Gasteiger partial charge < -0.3 is 24.9 Å². The number of amides is 1. The predicted molar refractivity (Wildman–Crippen MR) is 145 cm³/mol. The highest BCUT2D eigenvalue weighted by atomic mass is 32.3. The van der Waals surface area contributed by atoms with Gasteiger partial charge in [0.25, 0.3) is 0 Å². The van der Waals surface area contributed by atoms with E-state index in [1.54, 1.807) is 7.05 Å². The number of nitrogens with zero attached hydrogens (tertiary/aromatic N) is 2. The number of carbonyl (C=O) groups is 1. The fourth-order valence-corrected chi connectivity index (χ4v) is 5.74. The topological polar surface area (TPSA) is 142 Å². The van der Waals surface area contributed by atoms with E-state index in [1.165, 1.54) is 41.1 Å². The van der Waals surface area contributed by atoms with Crippen LogP contribution in [0.1, 0.15) is 24.1 Å². The first-order valence-electron chi connectivity index (χ1n) is 12.3. The third kappa shape index (κ3) is 7.45. The van der Waals surface area contributed by atoms with E-state index < -0.39 is 28.4 Å². The van der Waals surface area contributed by atoms with Gasteiger partial charge in [-0.05, 0) is 37.1 Å². The molecule has 0 radical (unpaired) electrons. The highest BCUT2D eigenvalue weighted by Crippen LogP contribution is 2.46. The summed E-state index contributed by atoms with van der Waals surface area (Å²) in [6, 6.07) is 7.21. The summed E-state index contributed by atoms with van der Waals surface area (Å²) in [6.07, 6.45) is -1.44. The van der Waals surface area contributed by atoms with Crippen molar-refractivity contribution in [2.75, 3.05) is 30.8 Å². The van der Waals surface area contributed by atoms with Crippen LogP contribution in [-0.2, 0) is 18.0 Å². The van der Waals surface area contributed by atoms with Crippen molar-refractivity contribution < 1.29 is 31.8 Å². The number of nitrogens with one attached hydrogen (secondary N) is 3. The van der Waals surface area contributed by atoms with Crippen LogP contribution in [0.2, 0.25) is 0 Å². The van der Waals surface area contributed by atoms with Gasteiger partial charge in [0.1, 0.15) is 17.3 Å². The lowest BCUT2D eigenvalue weighted by Crippen LogP contribution is -2.41. The van der Waals surface area contributed by atoms with Gasteiger partial charge in [0, 0.05) is 49.4 Å². The Morgan fingerprint density at radius 1 is 1.30 bits per heavy atom. The molecule has 2 aromatic heterocycles. The zero-order valence-corrected chi connectivity index (χ0v) is 22.2. The van der Waals surface area contributed by atoms with Crippen molar-refractivity contribution in [3.8, 4) is 29.0 Å². The van der Waals surface area contributed by atoms with E-state index in [-0.39, 0.29) is 40.2 Å². The maximum absolute atomic E-state index is 13.0. The minimum atomic E-state index is -4.60. The number of halogens is 3. The van der Waals surface area contributed by atoms with E-state index in [2.05, 4.69) is 32.4 Å². The second-order valence-electron chi connectivity index (χ2n) is 9.16. The van der Waals surface area contributed by atoms with Crippen molar-refractivity contribution in [1.82, 2.24) is 19.9 Å². The van der Waals surface area contributed by atoms with Gasteiger partial charge in [0.2, 0.25) is 5.56 Å². The van der Waals surface area contributed by atoms with Gasteiger partial charge in [-0.3, -0.25) is 18.7 Å². The van der Waals surface area contributed by atoms with Crippen molar-refractivity contribution in [2.24, 2.45) is 7.05 Å². The summed E-state index contributed by atoms with van der Waals surface area (Å²) in [5, 5.41) is 5.46. The first-order valence-corrected chi connectivity index (χ1v) is 14.0. The van der Waals surface area contributed by atoms with Gasteiger partial charge in [-0.2, -0.15) is 23.8 Å². The van der Waals surface area contributed by atoms with E-state index in [4.69, 9.17) is 4.74 Å². The van der Waals surface area contributed by atoms with E-state index in [1.807, 2.05) is 0 Å². The molecule has 3 aromatic rings. The molecule has 1 fully saturated rings. The number of hydrogen-bond donors (Lipinski definition) is 5. The highest BCUT2D eigenvalue weighted by Gasteiger charge is 2.33. The highest BCUT2D eigenvalue weighted by molar-refractivity contribution is 8.24. The minimum absolute atomic E-state index is 0.0549. The number of pyridine rings is 1. The lowest BCUT2D eigenvalue weighted by Gasteiger charge is -2.44. The molecule has 1 atom stereocenters. The fraction of sp³-hybridized carbons (Fsp3) is 0.346. The molecule has 1 amide bonds. The number of hydrogen-bond acceptors (Lipinski definition) is 7. The van der Waals surface area contributed by atoms with Crippen molar-refractivity contribution in [3.05, 3.63) is 64.3 Å². The third-order valence-corrected chi connectivity index (χ3v) is 8.48. The molecule has 3 heterocycles. The molecule has 40 heavy (non-hydrogen) atoms. The Morgan fingerprint density at radius 3 is 2.80 bits per heavy atom. The largest absolute Gasteiger partial charge is 0.491 e. The van der Waals surface area contributed by atoms with Crippen LogP contribution in [0.4, 0.5) is 18.9 Å². The molecule has 1 aliphatic heterocycles. The number of aromatic amines is 1. The molecular formula is C26H28F3N5O5S. The molecule has 0 bridgehead atoms. The maximum atomic E-state index is 13.0. The Labute approximate surface area is 229 Å². The summed E-state index contributed by atoms with van der Waals surface area (Å²) < 4.78 is 66.8. The molecular weight excluding hydrogens is 551 g/mol. The van der Waals surface area contributed by atoms with Crippen molar-refractivity contribution >= 4 is 22.2 Å². The minimum Gasteiger partial charge on any atom is -0.491 e. The van der Waals surface area contributed by atoms with Crippen molar-refractivity contribution in [1.29, 1.82) is 0 Å². The zero-order chi connectivity index (χ0) is 28.9. The molecule has 0 saturated carbocycles. The second kappa shape index (κ2) is 12.2. The molecule has 1 aliphatic rings. The monoisotopic (exact) mass is 579 g/mol. The molecule has 4 rings (SSSR count). The molecule has 14 heteroatoms. The number of anilines is 1. The molecule has 214 valence electrons. The Kier molecular flexibility index (Phi) is 8.89. The molecule has 1 aromatic carbocycles. The molecule has 1 saturated heterocycles. The Balaban J connectivity index is 1.51. The molecule has 1 unspecified atom stereocenters. The van der Waals surface area contributed by atoms with Crippen LogP contribution in [0, 0.1) is 11.8 Å². The molecule has 0 spiro atoms. The number of aromatic nitrogens is 3. The van der Waals surface area contributed by atoms with Gasteiger partial charge in [-0.1, -0.05) is 5.92 Å². The fourth-order valence-electron chi connectivity index (χ4n) is 4.03. The summed E-state index contributed by atoms with van der Waals surface area (Å²) in [6.45, 7) is 1.24. The van der Waals surface area contributed by atoms with Gasteiger partial charge in [0.05, 0.1) is 29.5 Å². The number of benzene rings is 1. The number of rotatable bonds is 7. The van der Waals surface area contributed by atoms with Gasteiger partial charge in [-0.15, -0.1) is 0 Å². The molecule has 0 aliphatic carbocycles. The van der Waals surface area contributed by atoms with Crippen LogP contribution in [0.5, 0.6) is 5.75 Å². The lowest BCUT2D eigenvalue weighted by atomic mass is 10.1. The van der Waals surface area contributed by atoms with Gasteiger partial charge >= 0.3 is 12.1 Å². The Bertz CT molecular complexity index is 1490. The predicted octanol–water partition coefficient (Wildman–Crippen LogP) is 3.67. The first-order chi connectivity index (χ1) is 18.9. The molecule has 10 nitrogen and oxygen atoms in total. The zero-order valence-electron chi connectivity index (χ0n) is 21.4. The molecule has 5 N–H and O–H groups in total. The van der Waals surface area contributed by atoms with Gasteiger partial charge in [0.15, 0.2) is 0 Å². The summed E-state index contributed by atoms with van der Waals surface area (Å²) in [5.74, 6) is 4.86. The maximum Gasteiger partial charge on any atom is 0.432 e. The average Bonchev–Trinajstić information content (AvgIpc) is 3.40. The first kappa shape index (κ1) is 29.2. The van der Waals surface area contributed by atoms with Crippen molar-refractivity contribution in [3.63, 3.8) is 0 Å². The number of imidazole rings is 1. The van der Waals surface area contributed by atoms with Crippen LogP contribution < -0.4 is 20.9 Å². The van der Waals surface area contributed by atoms with E-state index in [0.717, 1.165) is 0 Å². The van der Waals surface area contributed by atoms with Crippen LogP contribution in [0.3, 0.4) is 0 Å². The number of H-pyrrole nitrogens is 1. The summed E-state index contributed by atoms with van der Waals surface area (Å²) in [7, 11) is -1.12. The summed E-state index contributed by atoms with van der Waals surface area (Å²) in [4.78, 5) is 30.2. The number of carbonyl (C=O) groups excluding carboxylic acids is 1. The number of aryl methyl sites for hydroxylation is 1. The van der Waals surface area contributed by atoms with Crippen LogP contribution >= 0.6 is 10.6 Å². The summed E-state index contributed by atoms with van der Waals surface area (Å²) >= 11 is 0.